The number of methoxy groups -OCH3 is 1. The van der Waals surface area contributed by atoms with Crippen molar-refractivity contribution in [2.24, 2.45) is 5.92 Å². The number of carbonyl (C=O) groups excluding carboxylic acids is 2. The standard InChI is InChI=1S/C15H21FN2O3/c1-10(14(19)17-2)8-18(3)9-11-5-6-12(13(16)7-11)15(20)21-4/h5-7,10H,8-9H2,1-4H3,(H,17,19). The molecule has 0 saturated heterocycles. The lowest BCUT2D eigenvalue weighted by atomic mass is 10.1. The van der Waals surface area contributed by atoms with Crippen LogP contribution in [0.1, 0.15) is 22.8 Å². The molecule has 1 aromatic rings. The van der Waals surface area contributed by atoms with Crippen molar-refractivity contribution in [1.82, 2.24) is 10.2 Å². The van der Waals surface area contributed by atoms with Crippen LogP contribution in [0.15, 0.2) is 18.2 Å². The molecule has 5 nitrogen and oxygen atoms in total. The quantitative estimate of drug-likeness (QED) is 0.807. The molecule has 1 unspecified atom stereocenters. The third-order valence-electron chi connectivity index (χ3n) is 3.17. The minimum Gasteiger partial charge on any atom is -0.465 e. The Morgan fingerprint density at radius 2 is 2.10 bits per heavy atom. The highest BCUT2D eigenvalue weighted by Crippen LogP contribution is 2.13. The van der Waals surface area contributed by atoms with E-state index in [4.69, 9.17) is 0 Å². The predicted octanol–water partition coefficient (Wildman–Crippen LogP) is 1.43. The molecule has 0 bridgehead atoms. The maximum atomic E-state index is 13.8. The number of halogens is 1. The summed E-state index contributed by atoms with van der Waals surface area (Å²) in [5.41, 5.74) is 0.648. The molecule has 1 amide bonds. The number of amides is 1. The maximum absolute atomic E-state index is 13.8. The van der Waals surface area contributed by atoms with Crippen LogP contribution < -0.4 is 5.32 Å². The summed E-state index contributed by atoms with van der Waals surface area (Å²) in [7, 11) is 4.66. The highest BCUT2D eigenvalue weighted by atomic mass is 19.1. The number of hydrogen-bond acceptors (Lipinski definition) is 4. The lowest BCUT2D eigenvalue weighted by Crippen LogP contribution is -2.34. The van der Waals surface area contributed by atoms with Gasteiger partial charge in [-0.25, -0.2) is 9.18 Å². The fourth-order valence-corrected chi connectivity index (χ4v) is 2.11. The van der Waals surface area contributed by atoms with Crippen LogP contribution >= 0.6 is 0 Å². The van der Waals surface area contributed by atoms with Gasteiger partial charge in [-0.2, -0.15) is 0 Å². The van der Waals surface area contributed by atoms with E-state index in [2.05, 4.69) is 10.1 Å². The molecule has 0 aliphatic rings. The highest BCUT2D eigenvalue weighted by Gasteiger charge is 2.15. The van der Waals surface area contributed by atoms with Crippen molar-refractivity contribution in [2.45, 2.75) is 13.5 Å². The second-order valence-electron chi connectivity index (χ2n) is 5.02. The number of nitrogens with one attached hydrogen (secondary N) is 1. The van der Waals surface area contributed by atoms with E-state index in [9.17, 15) is 14.0 Å². The average molecular weight is 296 g/mol. The predicted molar refractivity (Wildman–Crippen MR) is 77.3 cm³/mol. The molecule has 0 saturated carbocycles. The Morgan fingerprint density at radius 3 is 2.62 bits per heavy atom. The van der Waals surface area contributed by atoms with Crippen LogP contribution in [0.25, 0.3) is 0 Å². The number of esters is 1. The topological polar surface area (TPSA) is 58.6 Å². The Labute approximate surface area is 124 Å². The van der Waals surface area contributed by atoms with Crippen molar-refractivity contribution < 1.29 is 18.7 Å². The molecule has 1 N–H and O–H groups in total. The molecule has 1 aromatic carbocycles. The minimum absolute atomic E-state index is 0.0333. The van der Waals surface area contributed by atoms with E-state index in [0.29, 0.717) is 13.1 Å². The van der Waals surface area contributed by atoms with Gasteiger partial charge in [-0.15, -0.1) is 0 Å². The highest BCUT2D eigenvalue weighted by molar-refractivity contribution is 5.89. The molecule has 0 aliphatic carbocycles. The fourth-order valence-electron chi connectivity index (χ4n) is 2.11. The zero-order valence-corrected chi connectivity index (χ0v) is 12.8. The van der Waals surface area contributed by atoms with Crippen LogP contribution in [0.5, 0.6) is 0 Å². The van der Waals surface area contributed by atoms with E-state index in [1.54, 1.807) is 13.1 Å². The van der Waals surface area contributed by atoms with Crippen LogP contribution in [0.3, 0.4) is 0 Å². The van der Waals surface area contributed by atoms with Crippen molar-refractivity contribution in [3.63, 3.8) is 0 Å². The van der Waals surface area contributed by atoms with Crippen LogP contribution in [0, 0.1) is 11.7 Å². The van der Waals surface area contributed by atoms with Crippen molar-refractivity contribution in [3.05, 3.63) is 35.1 Å². The number of hydrogen-bond donors (Lipinski definition) is 1. The molecule has 0 aromatic heterocycles. The van der Waals surface area contributed by atoms with Gasteiger partial charge in [-0.3, -0.25) is 4.79 Å². The van der Waals surface area contributed by atoms with E-state index < -0.39 is 11.8 Å². The van der Waals surface area contributed by atoms with Crippen molar-refractivity contribution in [3.8, 4) is 0 Å². The first-order valence-electron chi connectivity index (χ1n) is 6.66. The Bertz CT molecular complexity index is 520. The first-order valence-corrected chi connectivity index (χ1v) is 6.66. The van der Waals surface area contributed by atoms with Crippen LogP contribution in [0.2, 0.25) is 0 Å². The van der Waals surface area contributed by atoms with Gasteiger partial charge >= 0.3 is 5.97 Å². The summed E-state index contributed by atoms with van der Waals surface area (Å²) >= 11 is 0. The molecule has 21 heavy (non-hydrogen) atoms. The summed E-state index contributed by atoms with van der Waals surface area (Å²) in [4.78, 5) is 24.7. The Morgan fingerprint density at radius 1 is 1.43 bits per heavy atom. The number of rotatable bonds is 6. The van der Waals surface area contributed by atoms with Gasteiger partial charge in [0.05, 0.1) is 12.7 Å². The fraction of sp³-hybridized carbons (Fsp3) is 0.467. The molecule has 116 valence electrons. The molecule has 6 heteroatoms. The first-order chi connectivity index (χ1) is 9.88. The van der Waals surface area contributed by atoms with Crippen molar-refractivity contribution >= 4 is 11.9 Å². The molecule has 0 spiro atoms. The van der Waals surface area contributed by atoms with Crippen molar-refractivity contribution in [2.75, 3.05) is 27.7 Å². The monoisotopic (exact) mass is 296 g/mol. The van der Waals surface area contributed by atoms with Gasteiger partial charge in [-0.05, 0) is 24.7 Å². The number of carbonyl (C=O) groups is 2. The smallest absolute Gasteiger partial charge is 0.340 e. The van der Waals surface area contributed by atoms with E-state index in [0.717, 1.165) is 5.56 Å². The molecule has 0 aliphatic heterocycles. The average Bonchev–Trinajstić information content (AvgIpc) is 2.45. The summed E-state index contributed by atoms with van der Waals surface area (Å²) in [6.07, 6.45) is 0. The van der Waals surface area contributed by atoms with Gasteiger partial charge in [0, 0.05) is 26.1 Å². The van der Waals surface area contributed by atoms with Crippen molar-refractivity contribution in [1.29, 1.82) is 0 Å². The van der Waals surface area contributed by atoms with Gasteiger partial charge in [-0.1, -0.05) is 13.0 Å². The van der Waals surface area contributed by atoms with Crippen LogP contribution in [-0.4, -0.2) is 44.5 Å². The second-order valence-corrected chi connectivity index (χ2v) is 5.02. The minimum atomic E-state index is -0.694. The summed E-state index contributed by atoms with van der Waals surface area (Å²) in [5.74, 6) is -1.49. The zero-order chi connectivity index (χ0) is 16.0. The molecule has 0 fully saturated rings. The SMILES string of the molecule is CNC(=O)C(C)CN(C)Cc1ccc(C(=O)OC)c(F)c1. The van der Waals surface area contributed by atoms with E-state index >= 15 is 0 Å². The van der Waals surface area contributed by atoms with E-state index in [1.165, 1.54) is 19.2 Å². The van der Waals surface area contributed by atoms with E-state index in [1.807, 2.05) is 18.9 Å². The summed E-state index contributed by atoms with van der Waals surface area (Å²) in [6, 6.07) is 4.40. The number of nitrogens with zero attached hydrogens (tertiary/aromatic N) is 1. The normalized spacial score (nSPS) is 12.1. The molecule has 0 radical (unpaired) electrons. The van der Waals surface area contributed by atoms with Gasteiger partial charge in [0.15, 0.2) is 0 Å². The zero-order valence-electron chi connectivity index (χ0n) is 12.8. The summed E-state index contributed by atoms with van der Waals surface area (Å²) < 4.78 is 18.3. The molecule has 1 rings (SSSR count). The second kappa shape index (κ2) is 7.73. The Hall–Kier alpha value is -1.95. The third kappa shape index (κ3) is 4.82. The first kappa shape index (κ1) is 17.1. The lowest BCUT2D eigenvalue weighted by Gasteiger charge is -2.20. The van der Waals surface area contributed by atoms with Gasteiger partial charge in [0.1, 0.15) is 5.82 Å². The maximum Gasteiger partial charge on any atom is 0.340 e. The Kier molecular flexibility index (Phi) is 6.30. The molecule has 0 heterocycles. The number of benzene rings is 1. The molecular formula is C15H21FN2O3. The van der Waals surface area contributed by atoms with Crippen LogP contribution in [-0.2, 0) is 16.1 Å². The lowest BCUT2D eigenvalue weighted by molar-refractivity contribution is -0.124. The summed E-state index contributed by atoms with van der Waals surface area (Å²) in [5, 5.41) is 2.59. The van der Waals surface area contributed by atoms with Gasteiger partial charge < -0.3 is 15.0 Å². The van der Waals surface area contributed by atoms with Crippen LogP contribution in [0.4, 0.5) is 4.39 Å². The Balaban J connectivity index is 2.69. The van der Waals surface area contributed by atoms with Gasteiger partial charge in [0.2, 0.25) is 5.91 Å². The van der Waals surface area contributed by atoms with E-state index in [-0.39, 0.29) is 17.4 Å². The largest absolute Gasteiger partial charge is 0.465 e. The van der Waals surface area contributed by atoms with Gasteiger partial charge in [0.25, 0.3) is 0 Å². The third-order valence-corrected chi connectivity index (χ3v) is 3.17. The molecular weight excluding hydrogens is 275 g/mol. The molecule has 1 atom stereocenters. The summed E-state index contributed by atoms with van der Waals surface area (Å²) in [6.45, 7) is 2.87. The number of ether oxygens (including phenoxy) is 1.